The molecular weight excluding hydrogens is 432 g/mol. The van der Waals surface area contributed by atoms with Crippen LogP contribution in [0.4, 0.5) is 0 Å². The van der Waals surface area contributed by atoms with Gasteiger partial charge in [-0.25, -0.2) is 4.79 Å². The average molecular weight is 463 g/mol. The number of rotatable bonds is 3. The molecule has 3 fully saturated rings. The van der Waals surface area contributed by atoms with Crippen LogP contribution < -0.4 is 10.1 Å². The molecule has 0 radical (unpaired) electrons. The summed E-state index contributed by atoms with van der Waals surface area (Å²) in [6, 6.07) is 3.69. The molecule has 2 saturated heterocycles. The quantitative estimate of drug-likeness (QED) is 0.706. The number of hydrogen-bond donors (Lipinski definition) is 2. The first-order valence-corrected chi connectivity index (χ1v) is 12.0. The number of aromatic carboxylic acids is 1. The molecule has 1 aromatic carbocycles. The number of carboxylic acids is 1. The van der Waals surface area contributed by atoms with Crippen LogP contribution in [0.2, 0.25) is 5.02 Å². The van der Waals surface area contributed by atoms with Crippen molar-refractivity contribution in [2.45, 2.75) is 70.3 Å². The van der Waals surface area contributed by atoms with E-state index in [2.05, 4.69) is 10.2 Å². The fourth-order valence-corrected chi connectivity index (χ4v) is 6.60. The van der Waals surface area contributed by atoms with E-state index in [-0.39, 0.29) is 22.8 Å². The van der Waals surface area contributed by atoms with Crippen LogP contribution in [0, 0.1) is 11.3 Å². The van der Waals surface area contributed by atoms with E-state index in [0.29, 0.717) is 28.8 Å². The molecule has 2 N–H and O–H groups in total. The van der Waals surface area contributed by atoms with Gasteiger partial charge in [0.25, 0.3) is 0 Å². The topological polar surface area (TPSA) is 88.1 Å². The molecule has 7 nitrogen and oxygen atoms in total. The number of halogens is 1. The summed E-state index contributed by atoms with van der Waals surface area (Å²) in [4.78, 5) is 26.0. The number of likely N-dealkylation sites (tertiary alicyclic amines) is 1. The van der Waals surface area contributed by atoms with Gasteiger partial charge >= 0.3 is 5.97 Å². The standard InChI is InChI=1S/C24H31ClN2O5/c1-14-21-18(22(29)30)9-16(25)10-19(21)32-23(2,31-14)15-3-5-17(6-4-15)27-8-7-24(13-27)11-20(28)26-12-24/h9-10,14-15,17H,3-8,11-13H2,1-2H3,(H,26,28)(H,29,30). The van der Waals surface area contributed by atoms with Gasteiger partial charge in [-0.3, -0.25) is 9.69 Å². The Kier molecular flexibility index (Phi) is 5.42. The van der Waals surface area contributed by atoms with Crippen molar-refractivity contribution in [1.82, 2.24) is 10.2 Å². The maximum atomic E-state index is 11.7. The second-order valence-corrected chi connectivity index (χ2v) is 10.7. The highest BCUT2D eigenvalue weighted by atomic mass is 35.5. The minimum Gasteiger partial charge on any atom is -0.478 e. The normalized spacial score (nSPS) is 37.2. The highest BCUT2D eigenvalue weighted by molar-refractivity contribution is 6.31. The van der Waals surface area contributed by atoms with E-state index >= 15 is 0 Å². The van der Waals surface area contributed by atoms with Crippen molar-refractivity contribution >= 4 is 23.5 Å². The van der Waals surface area contributed by atoms with E-state index in [9.17, 15) is 14.7 Å². The molecule has 1 saturated carbocycles. The van der Waals surface area contributed by atoms with Crippen molar-refractivity contribution in [3.05, 3.63) is 28.3 Å². The summed E-state index contributed by atoms with van der Waals surface area (Å²) in [7, 11) is 0. The van der Waals surface area contributed by atoms with Gasteiger partial charge in [-0.2, -0.15) is 0 Å². The summed E-state index contributed by atoms with van der Waals surface area (Å²) in [5, 5.41) is 13.0. The van der Waals surface area contributed by atoms with E-state index in [1.54, 1.807) is 6.07 Å². The summed E-state index contributed by atoms with van der Waals surface area (Å²) in [5.74, 6) is -0.928. The van der Waals surface area contributed by atoms with Crippen molar-refractivity contribution in [2.24, 2.45) is 11.3 Å². The second kappa shape index (κ2) is 7.89. The van der Waals surface area contributed by atoms with Gasteiger partial charge in [0.15, 0.2) is 0 Å². The molecule has 3 unspecified atom stereocenters. The van der Waals surface area contributed by atoms with Crippen LogP contribution in [0.5, 0.6) is 5.75 Å². The third kappa shape index (κ3) is 3.78. The largest absolute Gasteiger partial charge is 0.478 e. The average Bonchev–Trinajstić information content (AvgIpc) is 3.32. The number of ether oxygens (including phenoxy) is 2. The zero-order valence-electron chi connectivity index (χ0n) is 18.7. The lowest BCUT2D eigenvalue weighted by Crippen LogP contribution is -2.50. The number of nitrogens with one attached hydrogen (secondary N) is 1. The van der Waals surface area contributed by atoms with Gasteiger partial charge in [-0.1, -0.05) is 11.6 Å². The van der Waals surface area contributed by atoms with Crippen molar-refractivity contribution in [1.29, 1.82) is 0 Å². The number of amides is 1. The Morgan fingerprint density at radius 3 is 2.69 bits per heavy atom. The molecule has 3 atom stereocenters. The molecular formula is C24H31ClN2O5. The van der Waals surface area contributed by atoms with Crippen LogP contribution in [0.25, 0.3) is 0 Å². The number of hydrogen-bond acceptors (Lipinski definition) is 5. The second-order valence-electron chi connectivity index (χ2n) is 10.2. The number of carbonyl (C=O) groups excluding carboxylic acids is 1. The lowest BCUT2D eigenvalue weighted by atomic mass is 9.80. The lowest BCUT2D eigenvalue weighted by molar-refractivity contribution is -0.250. The maximum absolute atomic E-state index is 11.7. The van der Waals surface area contributed by atoms with Gasteiger partial charge < -0.3 is 19.9 Å². The van der Waals surface area contributed by atoms with Crippen molar-refractivity contribution in [3.8, 4) is 5.75 Å². The Labute approximate surface area is 193 Å². The molecule has 1 aliphatic carbocycles. The molecule has 1 aromatic rings. The van der Waals surface area contributed by atoms with Crippen LogP contribution in [-0.2, 0) is 9.53 Å². The predicted octanol–water partition coefficient (Wildman–Crippen LogP) is 4.00. The molecule has 174 valence electrons. The molecule has 3 aliphatic heterocycles. The van der Waals surface area contributed by atoms with Crippen molar-refractivity contribution < 1.29 is 24.2 Å². The molecule has 4 aliphatic rings. The summed E-state index contributed by atoms with van der Waals surface area (Å²) in [6.45, 7) is 6.74. The summed E-state index contributed by atoms with van der Waals surface area (Å²) in [6.07, 6.45) is 5.47. The SMILES string of the molecule is CC1OC(C)(C2CCC(N3CCC4(CNC(=O)C4)C3)CC2)Oc2cc(Cl)cc(C(=O)O)c21. The van der Waals surface area contributed by atoms with Crippen LogP contribution >= 0.6 is 11.6 Å². The van der Waals surface area contributed by atoms with Crippen LogP contribution in [0.15, 0.2) is 12.1 Å². The van der Waals surface area contributed by atoms with E-state index < -0.39 is 17.9 Å². The molecule has 32 heavy (non-hydrogen) atoms. The Bertz CT molecular complexity index is 947. The zero-order valence-corrected chi connectivity index (χ0v) is 19.4. The van der Waals surface area contributed by atoms with Crippen LogP contribution in [-0.4, -0.2) is 53.3 Å². The Balaban J connectivity index is 1.26. The number of carboxylic acid groups (broad SMARTS) is 1. The first kappa shape index (κ1) is 22.0. The van der Waals surface area contributed by atoms with E-state index in [4.69, 9.17) is 21.1 Å². The van der Waals surface area contributed by atoms with Crippen LogP contribution in [0.1, 0.15) is 74.4 Å². The Hall–Kier alpha value is -1.83. The first-order chi connectivity index (χ1) is 15.2. The Morgan fingerprint density at radius 2 is 2.03 bits per heavy atom. The predicted molar refractivity (Wildman–Crippen MR) is 119 cm³/mol. The van der Waals surface area contributed by atoms with Crippen molar-refractivity contribution in [3.63, 3.8) is 0 Å². The number of carbonyl (C=O) groups is 2. The molecule has 0 bridgehead atoms. The third-order valence-electron chi connectivity index (χ3n) is 8.09. The summed E-state index contributed by atoms with van der Waals surface area (Å²) < 4.78 is 12.7. The molecule has 8 heteroatoms. The molecule has 0 aromatic heterocycles. The van der Waals surface area contributed by atoms with E-state index in [1.807, 2.05) is 13.8 Å². The van der Waals surface area contributed by atoms with E-state index in [1.165, 1.54) is 6.07 Å². The van der Waals surface area contributed by atoms with Crippen LogP contribution in [0.3, 0.4) is 0 Å². The summed E-state index contributed by atoms with van der Waals surface area (Å²) in [5.41, 5.74) is 0.819. The number of fused-ring (bicyclic) bond motifs is 1. The monoisotopic (exact) mass is 462 g/mol. The van der Waals surface area contributed by atoms with Gasteiger partial charge in [0.2, 0.25) is 11.7 Å². The lowest BCUT2D eigenvalue weighted by Gasteiger charge is -2.47. The highest BCUT2D eigenvalue weighted by Crippen LogP contribution is 2.48. The van der Waals surface area contributed by atoms with E-state index in [0.717, 1.165) is 51.7 Å². The number of benzene rings is 1. The first-order valence-electron chi connectivity index (χ1n) is 11.6. The van der Waals surface area contributed by atoms with Gasteiger partial charge in [0, 0.05) is 54.4 Å². The summed E-state index contributed by atoms with van der Waals surface area (Å²) >= 11 is 6.19. The Morgan fingerprint density at radius 1 is 1.28 bits per heavy atom. The van der Waals surface area contributed by atoms with Crippen molar-refractivity contribution in [2.75, 3.05) is 19.6 Å². The third-order valence-corrected chi connectivity index (χ3v) is 8.30. The minimum absolute atomic E-state index is 0.133. The van der Waals surface area contributed by atoms with Gasteiger partial charge in [-0.05, 0) is 57.7 Å². The minimum atomic E-state index is -1.03. The number of nitrogens with zero attached hydrogens (tertiary/aromatic N) is 1. The fraction of sp³-hybridized carbons (Fsp3) is 0.667. The molecule has 1 amide bonds. The molecule has 1 spiro atoms. The van der Waals surface area contributed by atoms with Gasteiger partial charge in [0.1, 0.15) is 5.75 Å². The van der Waals surface area contributed by atoms with Gasteiger partial charge in [-0.15, -0.1) is 0 Å². The smallest absolute Gasteiger partial charge is 0.336 e. The zero-order chi connectivity index (χ0) is 22.7. The highest BCUT2D eigenvalue weighted by Gasteiger charge is 2.49. The van der Waals surface area contributed by atoms with Gasteiger partial charge in [0.05, 0.1) is 11.7 Å². The fourth-order valence-electron chi connectivity index (χ4n) is 6.39. The molecule has 3 heterocycles. The molecule has 5 rings (SSSR count). The maximum Gasteiger partial charge on any atom is 0.336 e.